The summed E-state index contributed by atoms with van der Waals surface area (Å²) >= 11 is 0. The Hall–Kier alpha value is -3.13. The lowest BCUT2D eigenvalue weighted by atomic mass is 9.89. The molecule has 1 amide bonds. The lowest BCUT2D eigenvalue weighted by Crippen LogP contribution is -2.32. The summed E-state index contributed by atoms with van der Waals surface area (Å²) in [5, 5.41) is 10.0. The number of carbonyl (C=O) groups is 1. The Morgan fingerprint density at radius 2 is 1.85 bits per heavy atom. The molecule has 0 unspecified atom stereocenters. The van der Waals surface area contributed by atoms with E-state index < -0.39 is 11.7 Å². The van der Waals surface area contributed by atoms with Crippen LogP contribution in [0, 0.1) is 5.92 Å². The van der Waals surface area contributed by atoms with Crippen LogP contribution in [-0.2, 0) is 17.5 Å². The third-order valence-electron chi connectivity index (χ3n) is 6.35. The second kappa shape index (κ2) is 10.0. The standard InChI is InChI=1S/C26H29F3N4O/c1-17(2)25(34)31-23-5-3-4-20(14-23)18-10-12-33(13-11-18)16-21-15-30-32-24(21)19-6-8-22(9-7-19)26(27,28)29/h3-9,14-15,17-18H,10-13,16H2,1-2H3,(H,30,32)(H,31,34). The van der Waals surface area contributed by atoms with Gasteiger partial charge in [0.05, 0.1) is 17.5 Å². The average molecular weight is 471 g/mol. The number of anilines is 1. The summed E-state index contributed by atoms with van der Waals surface area (Å²) in [5.41, 5.74) is 3.82. The van der Waals surface area contributed by atoms with E-state index in [9.17, 15) is 18.0 Å². The van der Waals surface area contributed by atoms with Gasteiger partial charge in [-0.3, -0.25) is 14.8 Å². The number of rotatable bonds is 6. The zero-order valence-corrected chi connectivity index (χ0v) is 19.3. The minimum Gasteiger partial charge on any atom is -0.326 e. The maximum absolute atomic E-state index is 12.9. The van der Waals surface area contributed by atoms with Crippen molar-refractivity contribution in [3.8, 4) is 11.3 Å². The highest BCUT2D eigenvalue weighted by molar-refractivity contribution is 5.92. The molecule has 0 atom stereocenters. The van der Waals surface area contributed by atoms with Gasteiger partial charge < -0.3 is 5.32 Å². The van der Waals surface area contributed by atoms with Crippen LogP contribution in [0.25, 0.3) is 11.3 Å². The van der Waals surface area contributed by atoms with Gasteiger partial charge in [-0.05, 0) is 67.2 Å². The van der Waals surface area contributed by atoms with Crippen molar-refractivity contribution in [2.24, 2.45) is 5.92 Å². The summed E-state index contributed by atoms with van der Waals surface area (Å²) in [7, 11) is 0. The number of aromatic nitrogens is 2. The fourth-order valence-electron chi connectivity index (χ4n) is 4.33. The van der Waals surface area contributed by atoms with Gasteiger partial charge in [0.15, 0.2) is 0 Å². The van der Waals surface area contributed by atoms with E-state index in [1.54, 1.807) is 6.20 Å². The van der Waals surface area contributed by atoms with Crippen molar-refractivity contribution in [2.75, 3.05) is 18.4 Å². The minimum atomic E-state index is -4.35. The highest BCUT2D eigenvalue weighted by atomic mass is 19.4. The van der Waals surface area contributed by atoms with Gasteiger partial charge in [-0.1, -0.05) is 38.1 Å². The van der Waals surface area contributed by atoms with Crippen molar-refractivity contribution in [1.82, 2.24) is 15.1 Å². The van der Waals surface area contributed by atoms with Crippen molar-refractivity contribution >= 4 is 11.6 Å². The van der Waals surface area contributed by atoms with E-state index in [4.69, 9.17) is 0 Å². The highest BCUT2D eigenvalue weighted by Crippen LogP contribution is 2.33. The number of hydrogen-bond acceptors (Lipinski definition) is 3. The first-order valence-electron chi connectivity index (χ1n) is 11.5. The maximum atomic E-state index is 12.9. The second-order valence-corrected chi connectivity index (χ2v) is 9.17. The molecule has 0 saturated carbocycles. The van der Waals surface area contributed by atoms with Gasteiger partial charge in [0, 0.05) is 23.7 Å². The van der Waals surface area contributed by atoms with Gasteiger partial charge in [0.2, 0.25) is 5.91 Å². The molecule has 1 saturated heterocycles. The predicted molar refractivity (Wildman–Crippen MR) is 126 cm³/mol. The molecule has 2 heterocycles. The number of nitrogens with one attached hydrogen (secondary N) is 2. The normalized spacial score (nSPS) is 15.6. The monoisotopic (exact) mass is 470 g/mol. The fraction of sp³-hybridized carbons (Fsp3) is 0.385. The van der Waals surface area contributed by atoms with E-state index in [0.717, 1.165) is 55.0 Å². The van der Waals surface area contributed by atoms with E-state index >= 15 is 0 Å². The van der Waals surface area contributed by atoms with E-state index in [-0.39, 0.29) is 11.8 Å². The van der Waals surface area contributed by atoms with Crippen molar-refractivity contribution in [3.63, 3.8) is 0 Å². The van der Waals surface area contributed by atoms with Crippen molar-refractivity contribution in [3.05, 3.63) is 71.4 Å². The quantitative estimate of drug-likeness (QED) is 0.460. The zero-order chi connectivity index (χ0) is 24.3. The molecule has 0 aliphatic carbocycles. The van der Waals surface area contributed by atoms with Gasteiger partial charge in [-0.2, -0.15) is 18.3 Å². The fourth-order valence-corrected chi connectivity index (χ4v) is 4.33. The molecule has 4 rings (SSSR count). The van der Waals surface area contributed by atoms with Gasteiger partial charge in [-0.25, -0.2) is 0 Å². The lowest BCUT2D eigenvalue weighted by Gasteiger charge is -2.32. The Morgan fingerprint density at radius 3 is 2.50 bits per heavy atom. The van der Waals surface area contributed by atoms with Crippen LogP contribution in [0.2, 0.25) is 0 Å². The Balaban J connectivity index is 1.37. The number of H-pyrrole nitrogens is 1. The molecule has 180 valence electrons. The number of likely N-dealkylation sites (tertiary alicyclic amines) is 1. The van der Waals surface area contributed by atoms with Crippen LogP contribution in [0.3, 0.4) is 0 Å². The summed E-state index contributed by atoms with van der Waals surface area (Å²) in [5.74, 6) is 0.365. The third kappa shape index (κ3) is 5.67. The first-order valence-corrected chi connectivity index (χ1v) is 11.5. The summed E-state index contributed by atoms with van der Waals surface area (Å²) in [6.07, 6.45) is -0.608. The Kier molecular flexibility index (Phi) is 7.07. The number of piperidine rings is 1. The van der Waals surface area contributed by atoms with Gasteiger partial charge in [0.25, 0.3) is 0 Å². The van der Waals surface area contributed by atoms with E-state index in [1.807, 2.05) is 26.0 Å². The molecule has 0 bridgehead atoms. The van der Waals surface area contributed by atoms with E-state index in [2.05, 4.69) is 32.5 Å². The number of aromatic amines is 1. The number of nitrogens with zero attached hydrogens (tertiary/aromatic N) is 2. The molecule has 1 aliphatic heterocycles. The van der Waals surface area contributed by atoms with Gasteiger partial charge in [0.1, 0.15) is 0 Å². The Labute approximate surface area is 197 Å². The van der Waals surface area contributed by atoms with E-state index in [0.29, 0.717) is 18.0 Å². The molecular weight excluding hydrogens is 441 g/mol. The smallest absolute Gasteiger partial charge is 0.326 e. The van der Waals surface area contributed by atoms with Crippen molar-refractivity contribution < 1.29 is 18.0 Å². The van der Waals surface area contributed by atoms with Gasteiger partial charge in [-0.15, -0.1) is 0 Å². The lowest BCUT2D eigenvalue weighted by molar-refractivity contribution is -0.137. The first-order chi connectivity index (χ1) is 16.2. The minimum absolute atomic E-state index is 0.0101. The number of alkyl halides is 3. The average Bonchev–Trinajstić information content (AvgIpc) is 3.27. The van der Waals surface area contributed by atoms with Crippen LogP contribution in [0.5, 0.6) is 0 Å². The van der Waals surface area contributed by atoms with Crippen molar-refractivity contribution in [1.29, 1.82) is 0 Å². The van der Waals surface area contributed by atoms with Crippen LogP contribution in [0.1, 0.15) is 49.3 Å². The molecular formula is C26H29F3N4O. The van der Waals surface area contributed by atoms with Crippen LogP contribution in [0.15, 0.2) is 54.7 Å². The molecule has 8 heteroatoms. The molecule has 5 nitrogen and oxygen atoms in total. The number of carbonyl (C=O) groups excluding carboxylic acids is 1. The molecule has 2 N–H and O–H groups in total. The molecule has 0 radical (unpaired) electrons. The maximum Gasteiger partial charge on any atom is 0.416 e. The number of halogens is 3. The SMILES string of the molecule is CC(C)C(=O)Nc1cccc(C2CCN(Cc3cn[nH]c3-c3ccc(C(F)(F)F)cc3)CC2)c1. The number of hydrogen-bond donors (Lipinski definition) is 2. The summed E-state index contributed by atoms with van der Waals surface area (Å²) in [6.45, 7) is 6.25. The molecule has 1 fully saturated rings. The highest BCUT2D eigenvalue weighted by Gasteiger charge is 2.30. The van der Waals surface area contributed by atoms with Crippen LogP contribution >= 0.6 is 0 Å². The Bertz CT molecular complexity index is 1110. The number of benzene rings is 2. The first kappa shape index (κ1) is 24.0. The zero-order valence-electron chi connectivity index (χ0n) is 19.3. The van der Waals surface area contributed by atoms with Crippen LogP contribution in [0.4, 0.5) is 18.9 Å². The van der Waals surface area contributed by atoms with Gasteiger partial charge >= 0.3 is 6.18 Å². The molecule has 34 heavy (non-hydrogen) atoms. The molecule has 3 aromatic rings. The summed E-state index contributed by atoms with van der Waals surface area (Å²) < 4.78 is 38.6. The Morgan fingerprint density at radius 1 is 1.15 bits per heavy atom. The van der Waals surface area contributed by atoms with Crippen LogP contribution < -0.4 is 5.32 Å². The molecule has 1 aromatic heterocycles. The third-order valence-corrected chi connectivity index (χ3v) is 6.35. The molecule has 2 aromatic carbocycles. The summed E-state index contributed by atoms with van der Waals surface area (Å²) in [4.78, 5) is 14.4. The predicted octanol–water partition coefficient (Wildman–Crippen LogP) is 6.07. The molecule has 1 aliphatic rings. The van der Waals surface area contributed by atoms with E-state index in [1.165, 1.54) is 17.7 Å². The van der Waals surface area contributed by atoms with Crippen LogP contribution in [-0.4, -0.2) is 34.1 Å². The largest absolute Gasteiger partial charge is 0.416 e. The van der Waals surface area contributed by atoms with Crippen molar-refractivity contribution in [2.45, 2.75) is 45.3 Å². The molecule has 0 spiro atoms. The summed E-state index contributed by atoms with van der Waals surface area (Å²) in [6, 6.07) is 13.3. The topological polar surface area (TPSA) is 61.0 Å². The number of amides is 1. The second-order valence-electron chi connectivity index (χ2n) is 9.17.